The summed E-state index contributed by atoms with van der Waals surface area (Å²) >= 11 is 0. The zero-order valence-corrected chi connectivity index (χ0v) is 17.5. The van der Waals surface area contributed by atoms with E-state index in [9.17, 15) is 9.18 Å². The van der Waals surface area contributed by atoms with E-state index in [1.54, 1.807) is 0 Å². The number of para-hydroxylation sites is 1. The number of carboxylic acids is 1. The molecule has 1 saturated carbocycles. The van der Waals surface area contributed by atoms with Gasteiger partial charge < -0.3 is 10.1 Å². The van der Waals surface area contributed by atoms with Crippen molar-refractivity contribution >= 4 is 22.9 Å². The molecular formula is C25H23F3N2O2. The van der Waals surface area contributed by atoms with Crippen molar-refractivity contribution in [1.82, 2.24) is 9.88 Å². The second-order valence-corrected chi connectivity index (χ2v) is 8.91. The Morgan fingerprint density at radius 1 is 1.25 bits per heavy atom. The van der Waals surface area contributed by atoms with Crippen LogP contribution in [0.1, 0.15) is 48.2 Å². The van der Waals surface area contributed by atoms with Crippen LogP contribution in [-0.4, -0.2) is 39.2 Å². The number of aromatic amines is 1. The number of aromatic nitrogens is 1. The molecule has 1 fully saturated rings. The maximum atomic E-state index is 15.4. The van der Waals surface area contributed by atoms with Crippen LogP contribution in [0.4, 0.5) is 13.2 Å². The van der Waals surface area contributed by atoms with E-state index in [-0.39, 0.29) is 23.7 Å². The summed E-state index contributed by atoms with van der Waals surface area (Å²) in [5, 5.41) is 9.81. The molecule has 2 aliphatic rings. The molecule has 3 aromatic rings. The average Bonchev–Trinajstić information content (AvgIpc) is 3.35. The molecule has 2 N–H and O–H groups in total. The quantitative estimate of drug-likeness (QED) is 0.524. The summed E-state index contributed by atoms with van der Waals surface area (Å²) in [6.07, 6.45) is 3.53. The lowest BCUT2D eigenvalue weighted by molar-refractivity contribution is -0.131. The van der Waals surface area contributed by atoms with Crippen LogP contribution in [-0.2, 0) is 11.2 Å². The highest BCUT2D eigenvalue weighted by atomic mass is 19.1. The Balaban J connectivity index is 1.68. The van der Waals surface area contributed by atoms with Gasteiger partial charge in [0, 0.05) is 40.8 Å². The summed E-state index contributed by atoms with van der Waals surface area (Å²) < 4.78 is 45.6. The van der Waals surface area contributed by atoms with Crippen molar-refractivity contribution in [2.24, 2.45) is 0 Å². The molecule has 0 amide bonds. The fourth-order valence-corrected chi connectivity index (χ4v) is 4.81. The van der Waals surface area contributed by atoms with Crippen LogP contribution < -0.4 is 0 Å². The predicted molar refractivity (Wildman–Crippen MR) is 116 cm³/mol. The number of benzene rings is 2. The van der Waals surface area contributed by atoms with Crippen LogP contribution in [0.3, 0.4) is 0 Å². The van der Waals surface area contributed by atoms with Gasteiger partial charge in [-0.2, -0.15) is 0 Å². The molecule has 4 nitrogen and oxygen atoms in total. The van der Waals surface area contributed by atoms with Gasteiger partial charge in [0.1, 0.15) is 17.3 Å². The van der Waals surface area contributed by atoms with E-state index in [0.29, 0.717) is 25.0 Å². The Kier molecular flexibility index (Phi) is 4.89. The van der Waals surface area contributed by atoms with Gasteiger partial charge in [-0.05, 0) is 61.6 Å². The highest BCUT2D eigenvalue weighted by Crippen LogP contribution is 2.47. The van der Waals surface area contributed by atoms with Crippen molar-refractivity contribution in [2.45, 2.75) is 43.9 Å². The fraction of sp³-hybridized carbons (Fsp3) is 0.320. The summed E-state index contributed by atoms with van der Waals surface area (Å²) in [6, 6.07) is 9.04. The van der Waals surface area contributed by atoms with Crippen LogP contribution in [0.25, 0.3) is 17.0 Å². The number of fused-ring (bicyclic) bond motifs is 3. The zero-order valence-electron chi connectivity index (χ0n) is 17.5. The molecule has 166 valence electrons. The highest BCUT2D eigenvalue weighted by Gasteiger charge is 2.49. The van der Waals surface area contributed by atoms with Gasteiger partial charge in [0.05, 0.1) is 6.04 Å². The van der Waals surface area contributed by atoms with Gasteiger partial charge >= 0.3 is 5.97 Å². The van der Waals surface area contributed by atoms with Crippen molar-refractivity contribution in [3.8, 4) is 0 Å². The van der Waals surface area contributed by atoms with Gasteiger partial charge in [0.25, 0.3) is 0 Å². The van der Waals surface area contributed by atoms with Crippen molar-refractivity contribution in [1.29, 1.82) is 0 Å². The normalized spacial score (nSPS) is 22.4. The molecule has 7 heteroatoms. The second-order valence-electron chi connectivity index (χ2n) is 8.91. The monoisotopic (exact) mass is 440 g/mol. The van der Waals surface area contributed by atoms with Crippen molar-refractivity contribution in [2.75, 3.05) is 6.54 Å². The number of H-pyrrole nitrogens is 1. The van der Waals surface area contributed by atoms with E-state index in [1.165, 1.54) is 0 Å². The van der Waals surface area contributed by atoms with Crippen LogP contribution in [0.2, 0.25) is 0 Å². The first-order valence-corrected chi connectivity index (χ1v) is 10.7. The molecule has 0 radical (unpaired) electrons. The van der Waals surface area contributed by atoms with Gasteiger partial charge in [-0.3, -0.25) is 4.90 Å². The number of halogens is 3. The van der Waals surface area contributed by atoms with Crippen LogP contribution >= 0.6 is 0 Å². The summed E-state index contributed by atoms with van der Waals surface area (Å²) in [4.78, 5) is 16.0. The third kappa shape index (κ3) is 3.60. The molecule has 32 heavy (non-hydrogen) atoms. The molecule has 2 aromatic carbocycles. The molecule has 0 bridgehead atoms. The Morgan fingerprint density at radius 3 is 2.59 bits per heavy atom. The maximum absolute atomic E-state index is 15.4. The molecular weight excluding hydrogens is 417 g/mol. The molecule has 0 saturated heterocycles. The Labute approximate surface area is 183 Å². The summed E-state index contributed by atoms with van der Waals surface area (Å²) in [7, 11) is 0. The SMILES string of the molecule is C[C@@H]1Cc2c([nH]c3ccccc23)[C@@H](c2c(F)cc(/C=C/C(=O)O)cc2F)N1CC1(F)CC1. The topological polar surface area (TPSA) is 56.3 Å². The summed E-state index contributed by atoms with van der Waals surface area (Å²) in [6.45, 7) is 2.07. The largest absolute Gasteiger partial charge is 0.478 e. The van der Waals surface area contributed by atoms with E-state index >= 15 is 8.78 Å². The van der Waals surface area contributed by atoms with Gasteiger partial charge in [0.2, 0.25) is 0 Å². The summed E-state index contributed by atoms with van der Waals surface area (Å²) in [5.74, 6) is -2.78. The lowest BCUT2D eigenvalue weighted by Gasteiger charge is -2.42. The van der Waals surface area contributed by atoms with Gasteiger partial charge in [0.15, 0.2) is 0 Å². The standard InChI is InChI=1S/C25H23F3N2O2/c1-14-10-17-16-4-2-3-5-20(16)29-23(17)24(30(14)13-25(28)8-9-25)22-18(26)11-15(12-19(22)27)6-7-21(31)32/h2-7,11-12,14,24,29H,8-10,13H2,1H3,(H,31,32)/b7-6+/t14-,24-/m1/s1. The number of alkyl halides is 1. The van der Waals surface area contributed by atoms with E-state index in [1.807, 2.05) is 36.1 Å². The molecule has 5 rings (SSSR count). The molecule has 2 atom stereocenters. The Bertz CT molecular complexity index is 1220. The number of rotatable bonds is 5. The van der Waals surface area contributed by atoms with Crippen LogP contribution in [0.5, 0.6) is 0 Å². The number of hydrogen-bond donors (Lipinski definition) is 2. The van der Waals surface area contributed by atoms with Gasteiger partial charge in [-0.15, -0.1) is 0 Å². The number of carboxylic acid groups (broad SMARTS) is 1. The minimum absolute atomic E-state index is 0.104. The first-order valence-electron chi connectivity index (χ1n) is 10.7. The second kappa shape index (κ2) is 7.52. The lowest BCUT2D eigenvalue weighted by Crippen LogP contribution is -2.46. The number of aliphatic carboxylic acids is 1. The third-order valence-electron chi connectivity index (χ3n) is 6.57. The first kappa shape index (κ1) is 20.8. The predicted octanol–water partition coefficient (Wildman–Crippen LogP) is 5.38. The van der Waals surface area contributed by atoms with E-state index in [4.69, 9.17) is 5.11 Å². The Hall–Kier alpha value is -3.06. The number of nitrogens with one attached hydrogen (secondary N) is 1. The van der Waals surface area contributed by atoms with Crippen LogP contribution in [0.15, 0.2) is 42.5 Å². The zero-order chi connectivity index (χ0) is 22.6. The Morgan fingerprint density at radius 2 is 1.94 bits per heavy atom. The smallest absolute Gasteiger partial charge is 0.328 e. The fourth-order valence-electron chi connectivity index (χ4n) is 4.81. The van der Waals surface area contributed by atoms with E-state index < -0.39 is 29.3 Å². The van der Waals surface area contributed by atoms with E-state index in [2.05, 4.69) is 4.98 Å². The molecule has 0 spiro atoms. The molecule has 1 aliphatic carbocycles. The highest BCUT2D eigenvalue weighted by molar-refractivity contribution is 5.86. The molecule has 0 unspecified atom stereocenters. The summed E-state index contributed by atoms with van der Waals surface area (Å²) in [5.41, 5.74) is 1.18. The van der Waals surface area contributed by atoms with E-state index in [0.717, 1.165) is 40.8 Å². The van der Waals surface area contributed by atoms with Gasteiger partial charge in [-0.1, -0.05) is 18.2 Å². The number of hydrogen-bond acceptors (Lipinski definition) is 2. The van der Waals surface area contributed by atoms with Crippen LogP contribution in [0, 0.1) is 11.6 Å². The molecule has 1 aromatic heterocycles. The maximum Gasteiger partial charge on any atom is 0.328 e. The first-order chi connectivity index (χ1) is 15.3. The van der Waals surface area contributed by atoms with Crippen molar-refractivity contribution < 1.29 is 23.1 Å². The van der Waals surface area contributed by atoms with Crippen molar-refractivity contribution in [3.05, 3.63) is 76.5 Å². The minimum atomic E-state index is -1.33. The van der Waals surface area contributed by atoms with Crippen molar-refractivity contribution in [3.63, 3.8) is 0 Å². The van der Waals surface area contributed by atoms with Gasteiger partial charge in [-0.25, -0.2) is 18.0 Å². The average molecular weight is 440 g/mol. The lowest BCUT2D eigenvalue weighted by atomic mass is 9.87. The number of nitrogens with zero attached hydrogens (tertiary/aromatic N) is 1. The molecule has 1 aliphatic heterocycles. The minimum Gasteiger partial charge on any atom is -0.478 e. The molecule has 2 heterocycles. The number of carbonyl (C=O) groups is 1. The third-order valence-corrected chi connectivity index (χ3v) is 6.57.